The average Bonchev–Trinajstić information content (AvgIpc) is 3.54. The summed E-state index contributed by atoms with van der Waals surface area (Å²) >= 11 is 3.01. The number of aryl methyl sites for hydroxylation is 1. The van der Waals surface area contributed by atoms with Gasteiger partial charge in [-0.2, -0.15) is 16.6 Å². The lowest BCUT2D eigenvalue weighted by Crippen LogP contribution is -2.28. The lowest BCUT2D eigenvalue weighted by atomic mass is 9.88. The largest absolute Gasteiger partial charge is 0.449 e. The minimum absolute atomic E-state index is 0.186. The number of rotatable bonds is 7. The number of fused-ring (bicyclic) bond motifs is 1. The Morgan fingerprint density at radius 3 is 3.00 bits per heavy atom. The van der Waals surface area contributed by atoms with Gasteiger partial charge in [0, 0.05) is 29.9 Å². The van der Waals surface area contributed by atoms with Gasteiger partial charge in [0.2, 0.25) is 5.91 Å². The van der Waals surface area contributed by atoms with Crippen molar-refractivity contribution in [3.63, 3.8) is 0 Å². The number of nitriles is 1. The van der Waals surface area contributed by atoms with E-state index in [1.807, 2.05) is 46.8 Å². The van der Waals surface area contributed by atoms with Crippen molar-refractivity contribution in [2.75, 3.05) is 11.9 Å². The summed E-state index contributed by atoms with van der Waals surface area (Å²) in [6.45, 7) is 0.737. The second kappa shape index (κ2) is 10.5. The number of ether oxygens (including phenoxy) is 1. The maximum Gasteiger partial charge on any atom is 0.407 e. The number of amides is 2. The molecule has 2 amide bonds. The van der Waals surface area contributed by atoms with Crippen LogP contribution in [-0.4, -0.2) is 23.2 Å². The molecule has 0 aromatic carbocycles. The molecule has 3 heterocycles. The SMILES string of the molecule is Cn1cccc1CNC(=O)OCC1CCc2c(sc(NC(=O)/C=C/c3ccsc3)c2C#N)C1. The van der Waals surface area contributed by atoms with Gasteiger partial charge in [-0.3, -0.25) is 4.79 Å². The van der Waals surface area contributed by atoms with Crippen LogP contribution in [-0.2, 0) is 36.0 Å². The molecule has 0 spiro atoms. The van der Waals surface area contributed by atoms with Crippen LogP contribution in [0.4, 0.5) is 9.80 Å². The Labute approximate surface area is 200 Å². The van der Waals surface area contributed by atoms with Gasteiger partial charge in [0.05, 0.1) is 18.7 Å². The quantitative estimate of drug-likeness (QED) is 0.479. The first-order valence-corrected chi connectivity index (χ1v) is 12.4. The Balaban J connectivity index is 1.31. The second-order valence-electron chi connectivity index (χ2n) is 7.87. The van der Waals surface area contributed by atoms with E-state index >= 15 is 0 Å². The van der Waals surface area contributed by atoms with Gasteiger partial charge in [0.25, 0.3) is 0 Å². The Morgan fingerprint density at radius 2 is 2.27 bits per heavy atom. The predicted octanol–water partition coefficient (Wildman–Crippen LogP) is 4.70. The maximum atomic E-state index is 12.3. The molecular weight excluding hydrogens is 456 g/mol. The first-order valence-electron chi connectivity index (χ1n) is 10.6. The fourth-order valence-corrected chi connectivity index (χ4v) is 5.73. The van der Waals surface area contributed by atoms with E-state index in [1.165, 1.54) is 17.4 Å². The van der Waals surface area contributed by atoms with E-state index in [-0.39, 0.29) is 11.8 Å². The van der Waals surface area contributed by atoms with Crippen LogP contribution in [0.3, 0.4) is 0 Å². The summed E-state index contributed by atoms with van der Waals surface area (Å²) in [4.78, 5) is 25.5. The van der Waals surface area contributed by atoms with Crippen LogP contribution in [0, 0.1) is 17.2 Å². The number of nitrogens with zero attached hydrogens (tertiary/aromatic N) is 2. The van der Waals surface area contributed by atoms with Crippen LogP contribution in [0.5, 0.6) is 0 Å². The van der Waals surface area contributed by atoms with Gasteiger partial charge in [-0.1, -0.05) is 0 Å². The van der Waals surface area contributed by atoms with E-state index in [2.05, 4.69) is 16.7 Å². The summed E-state index contributed by atoms with van der Waals surface area (Å²) in [7, 11) is 1.93. The summed E-state index contributed by atoms with van der Waals surface area (Å²) < 4.78 is 7.38. The number of hydrogen-bond acceptors (Lipinski definition) is 6. The molecule has 1 aliphatic carbocycles. The molecule has 0 aliphatic heterocycles. The van der Waals surface area contributed by atoms with E-state index in [4.69, 9.17) is 4.74 Å². The number of alkyl carbamates (subject to hydrolysis) is 1. The monoisotopic (exact) mass is 480 g/mol. The smallest absolute Gasteiger partial charge is 0.407 e. The molecule has 0 saturated heterocycles. The fraction of sp³-hybridized carbons (Fsp3) is 0.292. The summed E-state index contributed by atoms with van der Waals surface area (Å²) in [5, 5.41) is 19.8. The Morgan fingerprint density at radius 1 is 1.39 bits per heavy atom. The van der Waals surface area contributed by atoms with Gasteiger partial charge < -0.3 is 19.9 Å². The van der Waals surface area contributed by atoms with Crippen molar-refractivity contribution < 1.29 is 14.3 Å². The predicted molar refractivity (Wildman–Crippen MR) is 130 cm³/mol. The molecule has 0 fully saturated rings. The van der Waals surface area contributed by atoms with Crippen molar-refractivity contribution in [3.05, 3.63) is 68.5 Å². The number of anilines is 1. The number of carbonyl (C=O) groups excluding carboxylic acids is 2. The summed E-state index contributed by atoms with van der Waals surface area (Å²) in [6.07, 6.45) is 7.00. The highest BCUT2D eigenvalue weighted by molar-refractivity contribution is 7.16. The molecule has 9 heteroatoms. The zero-order valence-electron chi connectivity index (χ0n) is 18.2. The summed E-state index contributed by atoms with van der Waals surface area (Å²) in [5.41, 5.74) is 3.52. The van der Waals surface area contributed by atoms with Gasteiger partial charge >= 0.3 is 6.09 Å². The van der Waals surface area contributed by atoms with Gasteiger partial charge in [0.15, 0.2) is 0 Å². The lowest BCUT2D eigenvalue weighted by molar-refractivity contribution is -0.111. The van der Waals surface area contributed by atoms with Crippen LogP contribution in [0.25, 0.3) is 6.08 Å². The summed E-state index contributed by atoms with van der Waals surface area (Å²) in [6, 6.07) is 8.06. The Kier molecular flexibility index (Phi) is 7.27. The third-order valence-electron chi connectivity index (χ3n) is 5.60. The number of carbonyl (C=O) groups is 2. The standard InChI is InChI=1S/C24H24N4O3S2/c1-28-9-2-3-18(28)13-26-24(30)31-14-17-4-6-19-20(12-25)23(33-21(19)11-17)27-22(29)7-5-16-8-10-32-15-16/h2-3,5,7-10,15,17H,4,6,11,13-14H2,1H3,(H,26,30)(H,27,29)/b7-5+. The molecule has 1 atom stereocenters. The van der Waals surface area contributed by atoms with Crippen molar-refractivity contribution in [1.29, 1.82) is 5.26 Å². The van der Waals surface area contributed by atoms with Gasteiger partial charge in [0.1, 0.15) is 11.1 Å². The zero-order chi connectivity index (χ0) is 23.2. The number of nitrogens with one attached hydrogen (secondary N) is 2. The van der Waals surface area contributed by atoms with Gasteiger partial charge in [-0.05, 0) is 71.3 Å². The molecule has 0 saturated carbocycles. The van der Waals surface area contributed by atoms with Crippen LogP contribution in [0.2, 0.25) is 0 Å². The molecular formula is C24H24N4O3S2. The van der Waals surface area contributed by atoms with Crippen molar-refractivity contribution in [2.45, 2.75) is 25.8 Å². The van der Waals surface area contributed by atoms with E-state index in [1.54, 1.807) is 17.4 Å². The topological polar surface area (TPSA) is 96.2 Å². The van der Waals surface area contributed by atoms with Crippen LogP contribution in [0.1, 0.15) is 33.7 Å². The minimum atomic E-state index is -0.434. The van der Waals surface area contributed by atoms with Gasteiger partial charge in [-0.15, -0.1) is 11.3 Å². The third-order valence-corrected chi connectivity index (χ3v) is 7.47. The maximum absolute atomic E-state index is 12.3. The highest BCUT2D eigenvalue weighted by atomic mass is 32.1. The Bertz CT molecular complexity index is 1200. The second-order valence-corrected chi connectivity index (χ2v) is 9.76. The molecule has 3 aromatic heterocycles. The molecule has 1 aliphatic rings. The lowest BCUT2D eigenvalue weighted by Gasteiger charge is -2.21. The molecule has 0 radical (unpaired) electrons. The Hall–Kier alpha value is -3.35. The summed E-state index contributed by atoms with van der Waals surface area (Å²) in [5.74, 6) is -0.0726. The fourth-order valence-electron chi connectivity index (χ4n) is 3.79. The van der Waals surface area contributed by atoms with Crippen molar-refractivity contribution in [3.8, 4) is 6.07 Å². The average molecular weight is 481 g/mol. The molecule has 170 valence electrons. The molecule has 1 unspecified atom stereocenters. The van der Waals surface area contributed by atoms with E-state index in [9.17, 15) is 14.9 Å². The molecule has 33 heavy (non-hydrogen) atoms. The molecule has 2 N–H and O–H groups in total. The van der Waals surface area contributed by atoms with Crippen molar-refractivity contribution in [1.82, 2.24) is 9.88 Å². The third kappa shape index (κ3) is 5.72. The van der Waals surface area contributed by atoms with E-state index in [0.29, 0.717) is 23.7 Å². The molecule has 7 nitrogen and oxygen atoms in total. The van der Waals surface area contributed by atoms with Crippen molar-refractivity contribution >= 4 is 45.8 Å². The van der Waals surface area contributed by atoms with Crippen molar-refractivity contribution in [2.24, 2.45) is 13.0 Å². The van der Waals surface area contributed by atoms with E-state index in [0.717, 1.165) is 41.0 Å². The van der Waals surface area contributed by atoms with Crippen LogP contribution < -0.4 is 10.6 Å². The number of aromatic nitrogens is 1. The van der Waals surface area contributed by atoms with Gasteiger partial charge in [-0.25, -0.2) is 4.79 Å². The zero-order valence-corrected chi connectivity index (χ0v) is 19.8. The molecule has 4 rings (SSSR count). The highest BCUT2D eigenvalue weighted by Gasteiger charge is 2.27. The molecule has 3 aromatic rings. The van der Waals surface area contributed by atoms with Crippen LogP contribution >= 0.6 is 22.7 Å². The molecule has 0 bridgehead atoms. The van der Waals surface area contributed by atoms with Crippen LogP contribution in [0.15, 0.2) is 41.2 Å². The minimum Gasteiger partial charge on any atom is -0.449 e. The first kappa shape index (κ1) is 22.8. The number of hydrogen-bond donors (Lipinski definition) is 2. The first-order chi connectivity index (χ1) is 16.0. The van der Waals surface area contributed by atoms with E-state index < -0.39 is 6.09 Å². The normalized spacial score (nSPS) is 15.1. The number of thiophene rings is 2. The highest BCUT2D eigenvalue weighted by Crippen LogP contribution is 2.39.